The summed E-state index contributed by atoms with van der Waals surface area (Å²) >= 11 is 0. The van der Waals surface area contributed by atoms with Gasteiger partial charge in [-0.15, -0.1) is 0 Å². The maximum Gasteiger partial charge on any atom is 0.327 e. The fourth-order valence-corrected chi connectivity index (χ4v) is 4.50. The predicted molar refractivity (Wildman–Crippen MR) is 170 cm³/mol. The van der Waals surface area contributed by atoms with Crippen LogP contribution in [-0.2, 0) is 58.4 Å². The Balaban J connectivity index is -0.000000223. The summed E-state index contributed by atoms with van der Waals surface area (Å²) in [6.45, 7) is 11.1. The first-order chi connectivity index (χ1) is 19.4. The first-order valence-corrected chi connectivity index (χ1v) is 17.1. The van der Waals surface area contributed by atoms with Crippen LogP contribution in [0.25, 0.3) is 0 Å². The maximum atomic E-state index is 11.9. The number of ether oxygens (including phenoxy) is 4. The Morgan fingerprint density at radius 3 is 1.36 bits per heavy atom. The van der Waals surface area contributed by atoms with Crippen molar-refractivity contribution in [2.45, 2.75) is 128 Å². The molecule has 45 heavy (non-hydrogen) atoms. The fraction of sp³-hybridized carbons (Fsp3) is 0.846. The molecule has 0 bridgehead atoms. The van der Waals surface area contributed by atoms with E-state index in [4.69, 9.17) is 28.1 Å². The molecule has 3 radical (unpaired) electrons. The minimum atomic E-state index is -4.74. The van der Waals surface area contributed by atoms with Crippen LogP contribution in [0.4, 0.5) is 0 Å². The van der Waals surface area contributed by atoms with Crippen molar-refractivity contribution in [1.29, 1.82) is 0 Å². The summed E-state index contributed by atoms with van der Waals surface area (Å²) in [6, 6.07) is 0. The number of rotatable bonds is 20. The van der Waals surface area contributed by atoms with Crippen LogP contribution < -0.4 is 0 Å². The van der Waals surface area contributed by atoms with Gasteiger partial charge in [0.05, 0.1) is 38.3 Å². The van der Waals surface area contributed by atoms with E-state index < -0.39 is 73.6 Å². The number of carbonyl (C=O) groups excluding carboxylic acids is 4. The van der Waals surface area contributed by atoms with Gasteiger partial charge in [0.15, 0.2) is 10.5 Å². The number of hydrogen-bond acceptors (Lipinski definition) is 12. The molecule has 0 aliphatic carbocycles. The Bertz CT molecular complexity index is 1040. The molecule has 251 valence electrons. The molecular formula is C26H48Na3O14S2. The standard InChI is InChI=1S/C14H26O7S.C12H22O7S.3Na/c1-5-7-10(3)20-13(15)9-12(22(17,18)19)14(16)21-11(4)8-6-2;1-3-5-7-18-11(13)9-10(20(15,16)17)12(14)19-8-6-4-2;;;/h10-12H,5-9H2,1-4H3,(H,17,18,19);10H,3-9H2,1-2H3,(H,15,16,17);;;. The maximum absolute atomic E-state index is 11.9. The summed E-state index contributed by atoms with van der Waals surface area (Å²) in [4.78, 5) is 46.5. The van der Waals surface area contributed by atoms with E-state index in [1.807, 2.05) is 27.7 Å². The van der Waals surface area contributed by atoms with E-state index in [0.717, 1.165) is 25.7 Å². The summed E-state index contributed by atoms with van der Waals surface area (Å²) in [5.74, 6) is -3.98. The average Bonchev–Trinajstić information content (AvgIpc) is 2.85. The van der Waals surface area contributed by atoms with Gasteiger partial charge < -0.3 is 18.9 Å². The Labute approximate surface area is 334 Å². The number of hydrogen-bond donors (Lipinski definition) is 2. The second-order valence-corrected chi connectivity index (χ2v) is 12.8. The van der Waals surface area contributed by atoms with Crippen LogP contribution >= 0.6 is 0 Å². The Morgan fingerprint density at radius 2 is 0.956 bits per heavy atom. The molecule has 14 nitrogen and oxygen atoms in total. The largest absolute Gasteiger partial charge is 0.466 e. The van der Waals surface area contributed by atoms with Crippen molar-refractivity contribution < 1.29 is 64.1 Å². The molecule has 0 heterocycles. The predicted octanol–water partition coefficient (Wildman–Crippen LogP) is 2.27. The molecule has 0 rings (SSSR count). The van der Waals surface area contributed by atoms with Gasteiger partial charge in [0.25, 0.3) is 20.2 Å². The molecule has 0 amide bonds. The van der Waals surface area contributed by atoms with Crippen LogP contribution in [0.5, 0.6) is 0 Å². The van der Waals surface area contributed by atoms with Gasteiger partial charge in [-0.2, -0.15) is 16.8 Å². The molecule has 0 aliphatic heterocycles. The van der Waals surface area contributed by atoms with Gasteiger partial charge in [0.1, 0.15) is 0 Å². The molecule has 0 saturated heterocycles. The van der Waals surface area contributed by atoms with E-state index in [2.05, 4.69) is 0 Å². The van der Waals surface area contributed by atoms with Crippen molar-refractivity contribution in [2.24, 2.45) is 0 Å². The van der Waals surface area contributed by atoms with Gasteiger partial charge in [0, 0.05) is 88.7 Å². The topological polar surface area (TPSA) is 214 Å². The molecule has 4 unspecified atom stereocenters. The van der Waals surface area contributed by atoms with Crippen molar-refractivity contribution in [3.05, 3.63) is 0 Å². The molecule has 4 atom stereocenters. The minimum Gasteiger partial charge on any atom is -0.466 e. The Morgan fingerprint density at radius 1 is 0.578 bits per heavy atom. The normalized spacial score (nSPS) is 13.3. The molecule has 19 heteroatoms. The van der Waals surface area contributed by atoms with Gasteiger partial charge in [0.2, 0.25) is 0 Å². The quantitative estimate of drug-likeness (QED) is 0.0608. The van der Waals surface area contributed by atoms with Gasteiger partial charge >= 0.3 is 23.9 Å². The summed E-state index contributed by atoms with van der Waals surface area (Å²) in [5, 5.41) is -3.87. The van der Waals surface area contributed by atoms with E-state index in [1.165, 1.54) is 0 Å². The Hall–Kier alpha value is 0.700. The van der Waals surface area contributed by atoms with Crippen molar-refractivity contribution >= 4 is 133 Å². The second-order valence-electron chi connectivity index (χ2n) is 9.64. The van der Waals surface area contributed by atoms with Gasteiger partial charge in [-0.25, -0.2) is 0 Å². The number of carbonyl (C=O) groups is 4. The fourth-order valence-electron chi connectivity index (χ4n) is 3.20. The van der Waals surface area contributed by atoms with Gasteiger partial charge in [-0.05, 0) is 39.5 Å². The molecule has 0 aromatic rings. The van der Waals surface area contributed by atoms with Crippen LogP contribution in [-0.4, -0.2) is 174 Å². The van der Waals surface area contributed by atoms with Gasteiger partial charge in [-0.1, -0.05) is 53.4 Å². The summed E-state index contributed by atoms with van der Waals surface area (Å²) < 4.78 is 82.4. The van der Waals surface area contributed by atoms with Crippen LogP contribution in [0.15, 0.2) is 0 Å². The van der Waals surface area contributed by atoms with Crippen molar-refractivity contribution in [3.8, 4) is 0 Å². The molecule has 0 aliphatic rings. The van der Waals surface area contributed by atoms with E-state index >= 15 is 0 Å². The summed E-state index contributed by atoms with van der Waals surface area (Å²) in [6.07, 6.45) is 3.16. The molecule has 0 aromatic heterocycles. The third-order valence-electron chi connectivity index (χ3n) is 5.49. The first-order valence-electron chi connectivity index (χ1n) is 14.1. The SMILES string of the molecule is CCCC(C)OC(=O)CC(C(=O)OC(C)CCC)S(=O)(=O)O.CCCCOC(=O)CC(C(=O)OCCCC)S(=O)(=O)O.[Na].[Na].[Na]. The zero-order valence-corrected chi connectivity index (χ0v) is 36.0. The first kappa shape index (κ1) is 55.1. The third kappa shape index (κ3) is 29.3. The zero-order chi connectivity index (χ0) is 32.9. The van der Waals surface area contributed by atoms with Gasteiger partial charge in [-0.3, -0.25) is 28.3 Å². The molecular weight excluding hydrogens is 669 g/mol. The smallest absolute Gasteiger partial charge is 0.327 e. The van der Waals surface area contributed by atoms with E-state index in [0.29, 0.717) is 25.7 Å². The second kappa shape index (κ2) is 30.7. The monoisotopic (exact) mass is 717 g/mol. The van der Waals surface area contributed by atoms with Crippen molar-refractivity contribution in [3.63, 3.8) is 0 Å². The minimum absolute atomic E-state index is 0. The van der Waals surface area contributed by atoms with Crippen LogP contribution in [0.1, 0.15) is 106 Å². The molecule has 0 spiro atoms. The molecule has 0 aromatic carbocycles. The molecule has 0 saturated carbocycles. The summed E-state index contributed by atoms with van der Waals surface area (Å²) in [7, 11) is -9.45. The third-order valence-corrected chi connectivity index (χ3v) is 7.65. The molecule has 2 N–H and O–H groups in total. The zero-order valence-electron chi connectivity index (χ0n) is 28.4. The number of unbranched alkanes of at least 4 members (excludes halogenated alkanes) is 2. The number of esters is 4. The van der Waals surface area contributed by atoms with E-state index in [-0.39, 0.29) is 108 Å². The summed E-state index contributed by atoms with van der Waals surface area (Å²) in [5.41, 5.74) is 0. The van der Waals surface area contributed by atoms with Crippen LogP contribution in [0.2, 0.25) is 0 Å². The van der Waals surface area contributed by atoms with Crippen LogP contribution in [0, 0.1) is 0 Å². The van der Waals surface area contributed by atoms with E-state index in [9.17, 15) is 36.0 Å². The van der Waals surface area contributed by atoms with E-state index in [1.54, 1.807) is 13.8 Å². The van der Waals surface area contributed by atoms with Crippen molar-refractivity contribution in [1.82, 2.24) is 0 Å². The Kier molecular flexibility index (Phi) is 37.7. The average molecular weight is 718 g/mol. The molecule has 0 fully saturated rings. The van der Waals surface area contributed by atoms with Crippen LogP contribution in [0.3, 0.4) is 0 Å². The van der Waals surface area contributed by atoms with Crippen molar-refractivity contribution in [2.75, 3.05) is 13.2 Å².